The number of pyridine rings is 1. The number of fused-ring (bicyclic) bond motifs is 1. The molecule has 114 valence electrons. The molecule has 2 aromatic heterocycles. The standard InChI is InChI=1S/C16H18N4O2/c1-10-12-4-7-20(13(12)8-18-10)16(21)15-19-9-14(22-15)11-2-5-17-6-3-11/h2-3,5-6,9-10,12-13,18H,4,7-8H2,1H3. The van der Waals surface area contributed by atoms with Gasteiger partial charge in [0.05, 0.1) is 6.20 Å². The summed E-state index contributed by atoms with van der Waals surface area (Å²) in [7, 11) is 0. The number of nitrogens with zero attached hydrogens (tertiary/aromatic N) is 3. The first-order valence-electron chi connectivity index (χ1n) is 7.64. The van der Waals surface area contributed by atoms with Gasteiger partial charge in [-0.25, -0.2) is 4.98 Å². The highest BCUT2D eigenvalue weighted by atomic mass is 16.4. The van der Waals surface area contributed by atoms with Gasteiger partial charge in [0, 0.05) is 43.1 Å². The van der Waals surface area contributed by atoms with Crippen LogP contribution in [0, 0.1) is 5.92 Å². The van der Waals surface area contributed by atoms with Gasteiger partial charge in [0.25, 0.3) is 5.89 Å². The molecule has 0 spiro atoms. The number of likely N-dealkylation sites (tertiary alicyclic amines) is 1. The molecule has 0 bridgehead atoms. The number of amides is 1. The van der Waals surface area contributed by atoms with Crippen molar-refractivity contribution < 1.29 is 9.21 Å². The van der Waals surface area contributed by atoms with Crippen LogP contribution >= 0.6 is 0 Å². The molecule has 2 aromatic rings. The fourth-order valence-electron chi connectivity index (χ4n) is 3.58. The van der Waals surface area contributed by atoms with Crippen LogP contribution in [0.3, 0.4) is 0 Å². The molecule has 0 radical (unpaired) electrons. The molecule has 4 rings (SSSR count). The maximum absolute atomic E-state index is 12.7. The zero-order valence-corrected chi connectivity index (χ0v) is 12.4. The quantitative estimate of drug-likeness (QED) is 0.911. The highest BCUT2D eigenvalue weighted by molar-refractivity contribution is 5.90. The lowest BCUT2D eigenvalue weighted by atomic mass is 9.98. The zero-order chi connectivity index (χ0) is 15.1. The molecule has 2 aliphatic rings. The van der Waals surface area contributed by atoms with Crippen LogP contribution in [0.15, 0.2) is 35.1 Å². The second-order valence-electron chi connectivity index (χ2n) is 5.98. The van der Waals surface area contributed by atoms with Crippen molar-refractivity contribution in [1.82, 2.24) is 20.2 Å². The van der Waals surface area contributed by atoms with Gasteiger partial charge in [-0.2, -0.15) is 0 Å². The van der Waals surface area contributed by atoms with Gasteiger partial charge in [0.15, 0.2) is 5.76 Å². The van der Waals surface area contributed by atoms with Gasteiger partial charge in [-0.1, -0.05) is 0 Å². The summed E-state index contributed by atoms with van der Waals surface area (Å²) in [6.45, 7) is 3.83. The van der Waals surface area contributed by atoms with E-state index in [-0.39, 0.29) is 17.8 Å². The maximum Gasteiger partial charge on any atom is 0.310 e. The molecule has 0 aliphatic carbocycles. The van der Waals surface area contributed by atoms with Gasteiger partial charge in [0.2, 0.25) is 0 Å². The van der Waals surface area contributed by atoms with E-state index in [1.165, 1.54) is 0 Å². The summed E-state index contributed by atoms with van der Waals surface area (Å²) < 4.78 is 5.67. The Morgan fingerprint density at radius 3 is 3.05 bits per heavy atom. The minimum atomic E-state index is -0.108. The molecule has 0 saturated carbocycles. The molecule has 4 heterocycles. The molecule has 1 amide bonds. The number of hydrogen-bond donors (Lipinski definition) is 1. The van der Waals surface area contributed by atoms with Crippen molar-refractivity contribution in [2.24, 2.45) is 5.92 Å². The summed E-state index contributed by atoms with van der Waals surface area (Å²) in [4.78, 5) is 22.7. The Kier molecular flexibility index (Phi) is 3.18. The van der Waals surface area contributed by atoms with E-state index in [4.69, 9.17) is 4.42 Å². The average molecular weight is 298 g/mol. The van der Waals surface area contributed by atoms with Crippen LogP contribution in [0.4, 0.5) is 0 Å². The Balaban J connectivity index is 1.56. The fraction of sp³-hybridized carbons (Fsp3) is 0.438. The van der Waals surface area contributed by atoms with E-state index in [2.05, 4.69) is 22.2 Å². The molecule has 3 atom stereocenters. The number of nitrogens with one attached hydrogen (secondary N) is 1. The first kappa shape index (κ1) is 13.5. The Labute approximate surface area is 128 Å². The lowest BCUT2D eigenvalue weighted by Gasteiger charge is -2.21. The molecular formula is C16H18N4O2. The van der Waals surface area contributed by atoms with Gasteiger partial charge in [0.1, 0.15) is 0 Å². The minimum absolute atomic E-state index is 0.108. The van der Waals surface area contributed by atoms with E-state index in [1.807, 2.05) is 17.0 Å². The lowest BCUT2D eigenvalue weighted by Crippen LogP contribution is -2.39. The molecule has 1 N–H and O–H groups in total. The normalized spacial score (nSPS) is 27.1. The third-order valence-electron chi connectivity index (χ3n) is 4.80. The van der Waals surface area contributed by atoms with Crippen LogP contribution in [0.1, 0.15) is 24.0 Å². The molecule has 22 heavy (non-hydrogen) atoms. The van der Waals surface area contributed by atoms with Crippen LogP contribution < -0.4 is 5.32 Å². The molecular weight excluding hydrogens is 280 g/mol. The number of hydrogen-bond acceptors (Lipinski definition) is 5. The van der Waals surface area contributed by atoms with Crippen LogP contribution in [-0.4, -0.2) is 45.9 Å². The second kappa shape index (κ2) is 5.21. The van der Waals surface area contributed by atoms with Crippen LogP contribution in [0.5, 0.6) is 0 Å². The summed E-state index contributed by atoms with van der Waals surface area (Å²) in [6, 6.07) is 4.41. The maximum atomic E-state index is 12.7. The van der Waals surface area contributed by atoms with E-state index in [1.54, 1.807) is 18.6 Å². The number of aromatic nitrogens is 2. The monoisotopic (exact) mass is 298 g/mol. The topological polar surface area (TPSA) is 71.3 Å². The average Bonchev–Trinajstić information content (AvgIpc) is 3.25. The predicted molar refractivity (Wildman–Crippen MR) is 80.1 cm³/mol. The smallest absolute Gasteiger partial charge is 0.310 e. The summed E-state index contributed by atoms with van der Waals surface area (Å²) in [5.41, 5.74) is 0.872. The largest absolute Gasteiger partial charge is 0.432 e. The van der Waals surface area contributed by atoms with Gasteiger partial charge >= 0.3 is 5.91 Å². The Hall–Kier alpha value is -2.21. The predicted octanol–water partition coefficient (Wildman–Crippen LogP) is 1.56. The Morgan fingerprint density at radius 2 is 2.23 bits per heavy atom. The zero-order valence-electron chi connectivity index (χ0n) is 12.4. The third kappa shape index (κ3) is 2.11. The highest BCUT2D eigenvalue weighted by Crippen LogP contribution is 2.32. The van der Waals surface area contributed by atoms with Gasteiger partial charge in [-0.3, -0.25) is 9.78 Å². The summed E-state index contributed by atoms with van der Waals surface area (Å²) in [6.07, 6.45) is 6.03. The van der Waals surface area contributed by atoms with Crippen molar-refractivity contribution in [3.05, 3.63) is 36.6 Å². The third-order valence-corrected chi connectivity index (χ3v) is 4.80. The van der Waals surface area contributed by atoms with Crippen molar-refractivity contribution >= 4 is 5.91 Å². The van der Waals surface area contributed by atoms with E-state index in [0.717, 1.165) is 25.1 Å². The molecule has 6 nitrogen and oxygen atoms in total. The van der Waals surface area contributed by atoms with Gasteiger partial charge < -0.3 is 14.6 Å². The van der Waals surface area contributed by atoms with Gasteiger partial charge in [-0.05, 0) is 31.4 Å². The highest BCUT2D eigenvalue weighted by Gasteiger charge is 2.44. The number of carbonyl (C=O) groups excluding carboxylic acids is 1. The van der Waals surface area contributed by atoms with Crippen LogP contribution in [-0.2, 0) is 0 Å². The van der Waals surface area contributed by atoms with Crippen molar-refractivity contribution in [1.29, 1.82) is 0 Å². The molecule has 2 fully saturated rings. The SMILES string of the molecule is CC1NCC2C1CCN2C(=O)c1ncc(-c2ccncc2)o1. The van der Waals surface area contributed by atoms with E-state index < -0.39 is 0 Å². The summed E-state index contributed by atoms with van der Waals surface area (Å²) >= 11 is 0. The number of carbonyl (C=O) groups is 1. The van der Waals surface area contributed by atoms with E-state index in [9.17, 15) is 4.79 Å². The van der Waals surface area contributed by atoms with Crippen molar-refractivity contribution in [3.8, 4) is 11.3 Å². The molecule has 6 heteroatoms. The van der Waals surface area contributed by atoms with Crippen LogP contribution in [0.25, 0.3) is 11.3 Å². The van der Waals surface area contributed by atoms with Crippen LogP contribution in [0.2, 0.25) is 0 Å². The first-order chi connectivity index (χ1) is 10.7. The number of oxazole rings is 1. The van der Waals surface area contributed by atoms with Crippen molar-refractivity contribution in [2.45, 2.75) is 25.4 Å². The van der Waals surface area contributed by atoms with Crippen molar-refractivity contribution in [2.75, 3.05) is 13.1 Å². The summed E-state index contributed by atoms with van der Waals surface area (Å²) in [5, 5.41) is 3.44. The summed E-state index contributed by atoms with van der Waals surface area (Å²) in [5.74, 6) is 1.20. The fourth-order valence-corrected chi connectivity index (χ4v) is 3.58. The molecule has 2 aliphatic heterocycles. The van der Waals surface area contributed by atoms with E-state index >= 15 is 0 Å². The molecule has 0 aromatic carbocycles. The molecule has 2 saturated heterocycles. The first-order valence-corrected chi connectivity index (χ1v) is 7.64. The second-order valence-corrected chi connectivity index (χ2v) is 5.98. The van der Waals surface area contributed by atoms with Gasteiger partial charge in [-0.15, -0.1) is 0 Å². The minimum Gasteiger partial charge on any atom is -0.432 e. The molecule has 3 unspecified atom stereocenters. The number of rotatable bonds is 2. The van der Waals surface area contributed by atoms with E-state index in [0.29, 0.717) is 17.7 Å². The Morgan fingerprint density at radius 1 is 1.41 bits per heavy atom. The Bertz CT molecular complexity index is 684. The van der Waals surface area contributed by atoms with Crippen molar-refractivity contribution in [3.63, 3.8) is 0 Å². The lowest BCUT2D eigenvalue weighted by molar-refractivity contribution is 0.0697.